The predicted octanol–water partition coefficient (Wildman–Crippen LogP) is 1.81. The van der Waals surface area contributed by atoms with Crippen LogP contribution in [-0.2, 0) is 27.8 Å². The van der Waals surface area contributed by atoms with Crippen molar-refractivity contribution >= 4 is 28.9 Å². The van der Waals surface area contributed by atoms with Crippen LogP contribution in [-0.4, -0.2) is 45.8 Å². The van der Waals surface area contributed by atoms with Gasteiger partial charge in [0.2, 0.25) is 5.91 Å². The van der Waals surface area contributed by atoms with Crippen LogP contribution in [0.25, 0.3) is 10.9 Å². The molecule has 0 aliphatic carbocycles. The lowest BCUT2D eigenvalue weighted by molar-refractivity contribution is -0.138. The first-order valence-corrected chi connectivity index (χ1v) is 8.45. The third-order valence-electron chi connectivity index (χ3n) is 3.72. The average Bonchev–Trinajstić information content (AvgIpc) is 2.95. The van der Waals surface area contributed by atoms with Crippen LogP contribution < -0.4 is 10.6 Å². The van der Waals surface area contributed by atoms with E-state index in [0.717, 1.165) is 16.5 Å². The lowest BCUT2D eigenvalue weighted by atomic mass is 10.0. The van der Waals surface area contributed by atoms with Crippen molar-refractivity contribution in [2.24, 2.45) is 7.02 Å². The van der Waals surface area contributed by atoms with Crippen molar-refractivity contribution in [3.63, 3.8) is 0 Å². The van der Waals surface area contributed by atoms with E-state index >= 15 is 0 Å². The first-order valence-electron chi connectivity index (χ1n) is 9.16. The maximum atomic E-state index is 12.5. The van der Waals surface area contributed by atoms with E-state index in [-0.39, 0.29) is 13.4 Å². The molecule has 8 nitrogen and oxygen atoms in total. The monoisotopic (exact) mass is 376 g/mol. The minimum atomic E-state index is -1.19. The fourth-order valence-electron chi connectivity index (χ4n) is 2.65. The number of carboxylic acid groups (broad SMARTS) is 1. The second-order valence-corrected chi connectivity index (χ2v) is 7.16. The van der Waals surface area contributed by atoms with E-state index in [4.69, 9.17) is 11.2 Å². The molecule has 0 bridgehead atoms. The lowest BCUT2D eigenvalue weighted by Crippen LogP contribution is -2.50. The van der Waals surface area contributed by atoms with E-state index in [1.807, 2.05) is 24.3 Å². The van der Waals surface area contributed by atoms with Gasteiger partial charge < -0.3 is 25.0 Å². The standard InChI is InChI=1S/C19H25N3O5/c1-19(2,3)27-18(26)21-14(17(25)20-10-16(23)24)9-12-11-22(4)15-8-6-5-7-13(12)15/h5-8,11,14H,9-10H2,1-4H3,(H,20,25)(H,21,26)(H,23,24)/t14-/m0/s1/i4D. The molecular formula is C19H25N3O5. The zero-order valence-corrected chi connectivity index (χ0v) is 15.6. The quantitative estimate of drug-likeness (QED) is 0.712. The summed E-state index contributed by atoms with van der Waals surface area (Å²) < 4.78 is 14.6. The second-order valence-electron chi connectivity index (χ2n) is 7.16. The van der Waals surface area contributed by atoms with Crippen molar-refractivity contribution in [2.45, 2.75) is 38.8 Å². The molecule has 0 aliphatic heterocycles. The van der Waals surface area contributed by atoms with Crippen LogP contribution >= 0.6 is 0 Å². The fourth-order valence-corrected chi connectivity index (χ4v) is 2.65. The highest BCUT2D eigenvalue weighted by Crippen LogP contribution is 2.21. The van der Waals surface area contributed by atoms with Gasteiger partial charge in [-0.1, -0.05) is 18.2 Å². The third kappa shape index (κ3) is 5.73. The van der Waals surface area contributed by atoms with Crippen LogP contribution in [0.4, 0.5) is 4.79 Å². The molecule has 0 aliphatic rings. The van der Waals surface area contributed by atoms with Gasteiger partial charge in [-0.2, -0.15) is 0 Å². The largest absolute Gasteiger partial charge is 0.480 e. The van der Waals surface area contributed by atoms with Gasteiger partial charge in [-0.15, -0.1) is 0 Å². The number of amides is 2. The first-order chi connectivity index (χ1) is 13.1. The number of carbonyl (C=O) groups is 3. The summed E-state index contributed by atoms with van der Waals surface area (Å²) in [6, 6.07) is 6.42. The number of aliphatic carboxylic acids is 1. The Labute approximate surface area is 158 Å². The summed E-state index contributed by atoms with van der Waals surface area (Å²) in [5.41, 5.74) is 0.858. The van der Waals surface area contributed by atoms with E-state index in [1.165, 1.54) is 0 Å². The molecule has 0 saturated carbocycles. The summed E-state index contributed by atoms with van der Waals surface area (Å²) >= 11 is 0. The van der Waals surface area contributed by atoms with Gasteiger partial charge in [0.1, 0.15) is 18.2 Å². The number of aromatic nitrogens is 1. The maximum absolute atomic E-state index is 12.5. The predicted molar refractivity (Wildman–Crippen MR) is 100 cm³/mol. The van der Waals surface area contributed by atoms with Gasteiger partial charge in [-0.05, 0) is 32.4 Å². The highest BCUT2D eigenvalue weighted by Gasteiger charge is 2.26. The summed E-state index contributed by atoms with van der Waals surface area (Å²) in [7, 11) is 0.00981. The van der Waals surface area contributed by atoms with E-state index < -0.39 is 36.2 Å². The van der Waals surface area contributed by atoms with E-state index in [9.17, 15) is 14.4 Å². The van der Waals surface area contributed by atoms with Gasteiger partial charge in [0.25, 0.3) is 0 Å². The van der Waals surface area contributed by atoms with Crippen LogP contribution in [0.2, 0.25) is 0 Å². The number of aryl methyl sites for hydroxylation is 1. The van der Waals surface area contributed by atoms with Gasteiger partial charge >= 0.3 is 12.1 Å². The molecule has 0 saturated heterocycles. The molecule has 1 aromatic heterocycles. The number of carboxylic acids is 1. The molecule has 0 spiro atoms. The molecule has 0 unspecified atom stereocenters. The number of ether oxygens (including phenoxy) is 1. The topological polar surface area (TPSA) is 110 Å². The van der Waals surface area contributed by atoms with Crippen molar-refractivity contribution in [1.29, 1.82) is 0 Å². The Balaban J connectivity index is 2.27. The number of hydrogen-bond acceptors (Lipinski definition) is 4. The highest BCUT2D eigenvalue weighted by molar-refractivity contribution is 5.90. The number of rotatable bonds is 6. The van der Waals surface area contributed by atoms with E-state index in [1.54, 1.807) is 31.5 Å². The van der Waals surface area contributed by atoms with Crippen LogP contribution in [0.15, 0.2) is 30.5 Å². The number of para-hydroxylation sites is 1. The molecule has 1 aromatic carbocycles. The first kappa shape index (κ1) is 18.8. The molecule has 3 N–H and O–H groups in total. The zero-order chi connectivity index (χ0) is 20.9. The third-order valence-corrected chi connectivity index (χ3v) is 3.72. The number of nitrogens with one attached hydrogen (secondary N) is 2. The molecule has 2 aromatic rings. The fraction of sp³-hybridized carbons (Fsp3) is 0.421. The SMILES string of the molecule is [2H]Cn1cc(C[C@H](NC(=O)OC(C)(C)C)C(=O)NCC(=O)O)c2ccccc21. The number of alkyl carbamates (subject to hydrolysis) is 1. The molecule has 1 atom stereocenters. The summed E-state index contributed by atoms with van der Waals surface area (Å²) in [5.74, 6) is -1.81. The van der Waals surface area contributed by atoms with Gasteiger partial charge in [-0.25, -0.2) is 4.79 Å². The lowest BCUT2D eigenvalue weighted by Gasteiger charge is -2.23. The summed E-state index contributed by atoms with van der Waals surface area (Å²) in [5, 5.41) is 14.5. The van der Waals surface area contributed by atoms with Gasteiger partial charge in [-0.3, -0.25) is 9.59 Å². The minimum absolute atomic E-state index is 0.00981. The van der Waals surface area contributed by atoms with Gasteiger partial charge in [0.15, 0.2) is 0 Å². The molecule has 0 fully saturated rings. The molecule has 1 heterocycles. The van der Waals surface area contributed by atoms with Gasteiger partial charge in [0.05, 0.1) is 0 Å². The van der Waals surface area contributed by atoms with Crippen LogP contribution in [0.5, 0.6) is 0 Å². The van der Waals surface area contributed by atoms with Crippen LogP contribution in [0, 0.1) is 0 Å². The number of benzene rings is 1. The zero-order valence-electron chi connectivity index (χ0n) is 16.6. The summed E-state index contributed by atoms with van der Waals surface area (Å²) in [6.07, 6.45) is 1.11. The summed E-state index contributed by atoms with van der Waals surface area (Å²) in [6.45, 7) is 4.55. The number of nitrogens with zero attached hydrogens (tertiary/aromatic N) is 1. The van der Waals surface area contributed by atoms with E-state index in [2.05, 4.69) is 10.6 Å². The Morgan fingerprint density at radius 3 is 2.63 bits per heavy atom. The minimum Gasteiger partial charge on any atom is -0.480 e. The molecule has 2 amide bonds. The van der Waals surface area contributed by atoms with Crippen molar-refractivity contribution in [3.05, 3.63) is 36.0 Å². The number of hydrogen-bond donors (Lipinski definition) is 3. The summed E-state index contributed by atoms with van der Waals surface area (Å²) in [4.78, 5) is 35.4. The van der Waals surface area contributed by atoms with Crippen molar-refractivity contribution in [1.82, 2.24) is 15.2 Å². The molecule has 0 radical (unpaired) electrons. The molecule has 8 heteroatoms. The van der Waals surface area contributed by atoms with Crippen LogP contribution in [0.3, 0.4) is 0 Å². The van der Waals surface area contributed by atoms with Gasteiger partial charge in [0, 0.05) is 31.9 Å². The van der Waals surface area contributed by atoms with Crippen molar-refractivity contribution < 1.29 is 25.6 Å². The van der Waals surface area contributed by atoms with Crippen molar-refractivity contribution in [3.8, 4) is 0 Å². The maximum Gasteiger partial charge on any atom is 0.408 e. The second kappa shape index (κ2) is 8.11. The highest BCUT2D eigenvalue weighted by atomic mass is 16.6. The normalized spacial score (nSPS) is 12.9. The number of fused-ring (bicyclic) bond motifs is 1. The Kier molecular flexibility index (Phi) is 5.63. The molecule has 146 valence electrons. The Morgan fingerprint density at radius 1 is 1.30 bits per heavy atom. The average molecular weight is 376 g/mol. The van der Waals surface area contributed by atoms with Crippen molar-refractivity contribution in [2.75, 3.05) is 6.54 Å². The van der Waals surface area contributed by atoms with Crippen LogP contribution in [0.1, 0.15) is 27.7 Å². The Bertz CT molecular complexity index is 872. The Hall–Kier alpha value is -3.03. The smallest absolute Gasteiger partial charge is 0.408 e. The Morgan fingerprint density at radius 2 is 2.00 bits per heavy atom. The molecule has 2 rings (SSSR count). The molecular weight excluding hydrogens is 350 g/mol. The number of carbonyl (C=O) groups excluding carboxylic acids is 2. The molecule has 27 heavy (non-hydrogen) atoms. The van der Waals surface area contributed by atoms with E-state index in [0.29, 0.717) is 0 Å².